The number of amides is 1. The van der Waals surface area contributed by atoms with Gasteiger partial charge in [0.1, 0.15) is 6.07 Å². The molecule has 32 heavy (non-hydrogen) atoms. The SMILES string of the molecule is Cc1cccc(NC(=O)CCc2nc(-c3ccccc3)cc(-c3ccccc3)c2C#N)c1. The Morgan fingerprint density at radius 3 is 2.25 bits per heavy atom. The molecule has 1 heterocycles. The normalized spacial score (nSPS) is 10.4. The van der Waals surface area contributed by atoms with Crippen LogP contribution in [0.15, 0.2) is 91.0 Å². The molecule has 1 aromatic heterocycles. The molecule has 0 radical (unpaired) electrons. The van der Waals surface area contributed by atoms with Crippen LogP contribution in [0.2, 0.25) is 0 Å². The van der Waals surface area contributed by atoms with Crippen molar-refractivity contribution < 1.29 is 4.79 Å². The van der Waals surface area contributed by atoms with Gasteiger partial charge in [-0.05, 0) is 42.7 Å². The minimum absolute atomic E-state index is 0.104. The molecule has 0 spiro atoms. The van der Waals surface area contributed by atoms with Crippen LogP contribution in [0.4, 0.5) is 5.69 Å². The molecule has 4 aromatic rings. The van der Waals surface area contributed by atoms with E-state index in [1.54, 1.807) is 0 Å². The van der Waals surface area contributed by atoms with Crippen molar-refractivity contribution in [3.05, 3.63) is 108 Å². The Balaban J connectivity index is 1.67. The van der Waals surface area contributed by atoms with Crippen LogP contribution < -0.4 is 5.32 Å². The molecular formula is C28H23N3O. The number of hydrogen-bond acceptors (Lipinski definition) is 3. The molecule has 4 rings (SSSR count). The lowest BCUT2D eigenvalue weighted by Crippen LogP contribution is -2.13. The van der Waals surface area contributed by atoms with Crippen molar-refractivity contribution >= 4 is 11.6 Å². The Morgan fingerprint density at radius 1 is 0.906 bits per heavy atom. The van der Waals surface area contributed by atoms with Crippen LogP contribution in [0.5, 0.6) is 0 Å². The summed E-state index contributed by atoms with van der Waals surface area (Å²) in [5.74, 6) is -0.104. The first-order chi connectivity index (χ1) is 15.6. The number of carbonyl (C=O) groups is 1. The molecule has 0 fully saturated rings. The summed E-state index contributed by atoms with van der Waals surface area (Å²) in [4.78, 5) is 17.4. The van der Waals surface area contributed by atoms with Crippen molar-refractivity contribution in [2.45, 2.75) is 19.8 Å². The van der Waals surface area contributed by atoms with Crippen LogP contribution in [-0.4, -0.2) is 10.9 Å². The zero-order valence-corrected chi connectivity index (χ0v) is 17.9. The smallest absolute Gasteiger partial charge is 0.224 e. The van der Waals surface area contributed by atoms with Crippen LogP contribution in [0.1, 0.15) is 23.2 Å². The van der Waals surface area contributed by atoms with Gasteiger partial charge in [0.15, 0.2) is 0 Å². The molecule has 4 nitrogen and oxygen atoms in total. The highest BCUT2D eigenvalue weighted by molar-refractivity contribution is 5.91. The second-order valence-corrected chi connectivity index (χ2v) is 7.64. The second kappa shape index (κ2) is 9.72. The molecule has 0 bridgehead atoms. The molecule has 1 N–H and O–H groups in total. The minimum atomic E-state index is -0.104. The first kappa shape index (κ1) is 21.0. The third-order valence-electron chi connectivity index (χ3n) is 5.25. The van der Waals surface area contributed by atoms with Gasteiger partial charge in [-0.3, -0.25) is 9.78 Å². The summed E-state index contributed by atoms with van der Waals surface area (Å²) in [5, 5.41) is 12.9. The summed E-state index contributed by atoms with van der Waals surface area (Å²) in [5.41, 5.74) is 6.54. The van der Waals surface area contributed by atoms with Gasteiger partial charge in [0, 0.05) is 23.2 Å². The molecule has 0 aliphatic heterocycles. The van der Waals surface area contributed by atoms with Gasteiger partial charge in [-0.15, -0.1) is 0 Å². The average Bonchev–Trinajstić information content (AvgIpc) is 2.83. The van der Waals surface area contributed by atoms with Gasteiger partial charge in [-0.2, -0.15) is 5.26 Å². The zero-order valence-electron chi connectivity index (χ0n) is 17.9. The van der Waals surface area contributed by atoms with Gasteiger partial charge < -0.3 is 5.32 Å². The topological polar surface area (TPSA) is 65.8 Å². The number of carbonyl (C=O) groups excluding carboxylic acids is 1. The zero-order chi connectivity index (χ0) is 22.3. The third kappa shape index (κ3) is 4.91. The predicted octanol–water partition coefficient (Wildman–Crippen LogP) is 6.17. The van der Waals surface area contributed by atoms with Gasteiger partial charge in [0.05, 0.1) is 17.0 Å². The molecule has 0 atom stereocenters. The highest BCUT2D eigenvalue weighted by Crippen LogP contribution is 2.30. The summed E-state index contributed by atoms with van der Waals surface area (Å²) < 4.78 is 0. The predicted molar refractivity (Wildman–Crippen MR) is 128 cm³/mol. The van der Waals surface area contributed by atoms with E-state index in [2.05, 4.69) is 11.4 Å². The Morgan fingerprint density at radius 2 is 1.59 bits per heavy atom. The number of anilines is 1. The van der Waals surface area contributed by atoms with Crippen LogP contribution in [-0.2, 0) is 11.2 Å². The fourth-order valence-corrected chi connectivity index (χ4v) is 3.68. The Bertz CT molecular complexity index is 1280. The molecule has 1 amide bonds. The standard InChI is InChI=1S/C28H23N3O/c1-20-9-8-14-23(17-20)30-28(32)16-15-26-25(19-29)24(21-10-4-2-5-11-21)18-27(31-26)22-12-6-3-7-13-22/h2-14,17-18H,15-16H2,1H3,(H,30,32). The molecular weight excluding hydrogens is 394 g/mol. The lowest BCUT2D eigenvalue weighted by atomic mass is 9.95. The average molecular weight is 418 g/mol. The lowest BCUT2D eigenvalue weighted by molar-refractivity contribution is -0.116. The van der Waals surface area contributed by atoms with Crippen molar-refractivity contribution in [3.8, 4) is 28.5 Å². The molecule has 0 saturated heterocycles. The molecule has 3 aromatic carbocycles. The third-order valence-corrected chi connectivity index (χ3v) is 5.25. The number of rotatable bonds is 6. The van der Waals surface area contributed by atoms with E-state index in [1.165, 1.54) is 0 Å². The van der Waals surface area contributed by atoms with E-state index in [0.717, 1.165) is 33.6 Å². The number of aromatic nitrogens is 1. The maximum Gasteiger partial charge on any atom is 0.224 e. The van der Waals surface area contributed by atoms with Crippen molar-refractivity contribution in [2.24, 2.45) is 0 Å². The van der Waals surface area contributed by atoms with Crippen LogP contribution in [0.25, 0.3) is 22.4 Å². The van der Waals surface area contributed by atoms with E-state index >= 15 is 0 Å². The monoisotopic (exact) mass is 417 g/mol. The lowest BCUT2D eigenvalue weighted by Gasteiger charge is -2.13. The van der Waals surface area contributed by atoms with E-state index in [4.69, 9.17) is 4.98 Å². The number of aryl methyl sites for hydroxylation is 2. The number of nitriles is 1. The van der Waals surface area contributed by atoms with Crippen molar-refractivity contribution in [1.82, 2.24) is 4.98 Å². The van der Waals surface area contributed by atoms with E-state index in [-0.39, 0.29) is 12.3 Å². The first-order valence-corrected chi connectivity index (χ1v) is 10.6. The largest absolute Gasteiger partial charge is 0.326 e. The summed E-state index contributed by atoms with van der Waals surface area (Å²) >= 11 is 0. The van der Waals surface area contributed by atoms with Crippen molar-refractivity contribution in [1.29, 1.82) is 5.26 Å². The number of benzene rings is 3. The van der Waals surface area contributed by atoms with Crippen LogP contribution >= 0.6 is 0 Å². The van der Waals surface area contributed by atoms with Gasteiger partial charge >= 0.3 is 0 Å². The Kier molecular flexibility index (Phi) is 6.38. The fraction of sp³-hybridized carbons (Fsp3) is 0.107. The summed E-state index contributed by atoms with van der Waals surface area (Å²) in [6, 6.07) is 31.7. The number of hydrogen-bond donors (Lipinski definition) is 1. The molecule has 0 unspecified atom stereocenters. The highest BCUT2D eigenvalue weighted by atomic mass is 16.1. The molecule has 0 aliphatic rings. The number of pyridine rings is 1. The summed E-state index contributed by atoms with van der Waals surface area (Å²) in [6.07, 6.45) is 0.614. The van der Waals surface area contributed by atoms with Gasteiger partial charge in [0.25, 0.3) is 0 Å². The fourth-order valence-electron chi connectivity index (χ4n) is 3.68. The maximum absolute atomic E-state index is 12.6. The Labute approximate surface area is 188 Å². The van der Waals surface area contributed by atoms with Gasteiger partial charge in [-0.1, -0.05) is 72.8 Å². The van der Waals surface area contributed by atoms with E-state index in [1.807, 2.05) is 97.9 Å². The Hall–Kier alpha value is -4.23. The minimum Gasteiger partial charge on any atom is -0.326 e. The quantitative estimate of drug-likeness (QED) is 0.408. The van der Waals surface area contributed by atoms with Gasteiger partial charge in [-0.25, -0.2) is 0 Å². The van der Waals surface area contributed by atoms with E-state index in [9.17, 15) is 10.1 Å². The van der Waals surface area contributed by atoms with Gasteiger partial charge in [0.2, 0.25) is 5.91 Å². The second-order valence-electron chi connectivity index (χ2n) is 7.64. The maximum atomic E-state index is 12.6. The van der Waals surface area contributed by atoms with Crippen molar-refractivity contribution in [3.63, 3.8) is 0 Å². The summed E-state index contributed by atoms with van der Waals surface area (Å²) in [7, 11) is 0. The van der Waals surface area contributed by atoms with Crippen LogP contribution in [0, 0.1) is 18.3 Å². The molecule has 0 aliphatic carbocycles. The molecule has 156 valence electrons. The number of nitrogens with one attached hydrogen (secondary N) is 1. The van der Waals surface area contributed by atoms with E-state index < -0.39 is 0 Å². The first-order valence-electron chi connectivity index (χ1n) is 10.6. The highest BCUT2D eigenvalue weighted by Gasteiger charge is 2.16. The molecule has 4 heteroatoms. The van der Waals surface area contributed by atoms with Crippen molar-refractivity contribution in [2.75, 3.05) is 5.32 Å². The van der Waals surface area contributed by atoms with Crippen LogP contribution in [0.3, 0.4) is 0 Å². The van der Waals surface area contributed by atoms with E-state index in [0.29, 0.717) is 17.7 Å². The summed E-state index contributed by atoms with van der Waals surface area (Å²) in [6.45, 7) is 1.99. The number of nitrogens with zero attached hydrogens (tertiary/aromatic N) is 2. The molecule has 0 saturated carbocycles.